The number of hydrogen-bond acceptors (Lipinski definition) is 3. The number of carboxylic acid groups (broad SMARTS) is 1. The van der Waals surface area contributed by atoms with E-state index in [4.69, 9.17) is 9.52 Å². The molecule has 0 bridgehead atoms. The molecule has 0 atom stereocenters. The predicted molar refractivity (Wildman–Crippen MR) is 42.1 cm³/mol. The number of aromatic nitrogens is 1. The Hall–Kier alpha value is -0.840. The van der Waals surface area contributed by atoms with E-state index in [0.29, 0.717) is 11.1 Å². The maximum Gasteiger partial charge on any atom is 1.00 e. The molecule has 0 aliphatic heterocycles. The Kier molecular flexibility index (Phi) is 3.08. The van der Waals surface area contributed by atoms with Crippen molar-refractivity contribution in [2.45, 2.75) is 0 Å². The van der Waals surface area contributed by atoms with Crippen LogP contribution in [0.2, 0.25) is 0 Å². The second kappa shape index (κ2) is 3.91. The van der Waals surface area contributed by atoms with Crippen molar-refractivity contribution in [3.05, 3.63) is 30.2 Å². The summed E-state index contributed by atoms with van der Waals surface area (Å²) >= 11 is 0. The first-order valence-corrected chi connectivity index (χ1v) is 3.36. The molecule has 0 unspecified atom stereocenters. The first kappa shape index (κ1) is 10.2. The smallest absolute Gasteiger partial charge is 1.00 e. The maximum absolute atomic E-state index is 10.4. The summed E-state index contributed by atoms with van der Waals surface area (Å²) in [6.07, 6.45) is 0. The molecule has 2 rings (SSSR count). The standard InChI is InChI=1S/C8H5NO3.Na.H/c10-8(11)7-9-5-3-1-2-4-6(5)12-7;;/h1-4H,(H,10,11);;/q;+1;-1. The van der Waals surface area contributed by atoms with E-state index in [1.54, 1.807) is 24.3 Å². The van der Waals surface area contributed by atoms with Gasteiger partial charge in [0.2, 0.25) is 0 Å². The molecule has 13 heavy (non-hydrogen) atoms. The number of oxazole rings is 1. The Labute approximate surface area is 97.3 Å². The topological polar surface area (TPSA) is 63.3 Å². The van der Waals surface area contributed by atoms with E-state index in [9.17, 15) is 4.79 Å². The van der Waals surface area contributed by atoms with E-state index in [1.165, 1.54) is 0 Å². The molecule has 5 heteroatoms. The van der Waals surface area contributed by atoms with Gasteiger partial charge in [0.05, 0.1) is 0 Å². The minimum Gasteiger partial charge on any atom is -1.00 e. The van der Waals surface area contributed by atoms with E-state index >= 15 is 0 Å². The Balaban J connectivity index is 0.000000845. The molecule has 0 fully saturated rings. The van der Waals surface area contributed by atoms with Gasteiger partial charge in [-0.25, -0.2) is 9.78 Å². The van der Waals surface area contributed by atoms with Crippen molar-refractivity contribution >= 4 is 17.1 Å². The summed E-state index contributed by atoms with van der Waals surface area (Å²) in [7, 11) is 0. The molecule has 0 radical (unpaired) electrons. The molecule has 4 nitrogen and oxygen atoms in total. The van der Waals surface area contributed by atoms with Crippen molar-refractivity contribution in [1.82, 2.24) is 4.98 Å². The first-order chi connectivity index (χ1) is 5.77. The summed E-state index contributed by atoms with van der Waals surface area (Å²) in [4.78, 5) is 14.2. The van der Waals surface area contributed by atoms with Gasteiger partial charge in [0.15, 0.2) is 5.58 Å². The largest absolute Gasteiger partial charge is 1.00 e. The normalized spacial score (nSPS) is 9.54. The fraction of sp³-hybridized carbons (Fsp3) is 0. The molecule has 0 aliphatic carbocycles. The van der Waals surface area contributed by atoms with Crippen LogP contribution in [0, 0.1) is 0 Å². The van der Waals surface area contributed by atoms with Crippen molar-refractivity contribution in [1.29, 1.82) is 0 Å². The van der Waals surface area contributed by atoms with Crippen molar-refractivity contribution in [2.75, 3.05) is 0 Å². The molecule has 2 aromatic rings. The van der Waals surface area contributed by atoms with Gasteiger partial charge in [-0.3, -0.25) is 0 Å². The van der Waals surface area contributed by atoms with Gasteiger partial charge < -0.3 is 11.0 Å². The van der Waals surface area contributed by atoms with Crippen LogP contribution in [0.15, 0.2) is 28.7 Å². The van der Waals surface area contributed by atoms with E-state index < -0.39 is 5.97 Å². The number of hydrogen-bond donors (Lipinski definition) is 1. The third-order valence-corrected chi connectivity index (χ3v) is 1.48. The first-order valence-electron chi connectivity index (χ1n) is 3.36. The number of carbonyl (C=O) groups is 1. The fourth-order valence-corrected chi connectivity index (χ4v) is 0.964. The monoisotopic (exact) mass is 187 g/mol. The van der Waals surface area contributed by atoms with Crippen LogP contribution in [0.25, 0.3) is 11.1 Å². The minimum absolute atomic E-state index is 0. The summed E-state index contributed by atoms with van der Waals surface area (Å²) in [6.45, 7) is 0. The van der Waals surface area contributed by atoms with Gasteiger partial charge in [-0.1, -0.05) is 12.1 Å². The molecule has 1 N–H and O–H groups in total. The van der Waals surface area contributed by atoms with Crippen LogP contribution in [0.3, 0.4) is 0 Å². The van der Waals surface area contributed by atoms with E-state index in [0.717, 1.165) is 0 Å². The van der Waals surface area contributed by atoms with Crippen LogP contribution in [-0.2, 0) is 0 Å². The summed E-state index contributed by atoms with van der Waals surface area (Å²) < 4.78 is 4.92. The second-order valence-corrected chi connectivity index (χ2v) is 2.29. The molecule has 1 aromatic heterocycles. The van der Waals surface area contributed by atoms with Gasteiger partial charge in [0.1, 0.15) is 5.52 Å². The number of carboxylic acids is 1. The van der Waals surface area contributed by atoms with Crippen molar-refractivity contribution in [3.8, 4) is 0 Å². The zero-order valence-corrected chi connectivity index (χ0v) is 9.02. The van der Waals surface area contributed by atoms with Crippen LogP contribution >= 0.6 is 0 Å². The Bertz CT molecular complexity index is 410. The van der Waals surface area contributed by atoms with Crippen molar-refractivity contribution in [2.24, 2.45) is 0 Å². The third kappa shape index (κ3) is 1.91. The number of aromatic carboxylic acids is 1. The maximum atomic E-state index is 10.4. The van der Waals surface area contributed by atoms with Gasteiger partial charge in [-0.05, 0) is 12.1 Å². The molecule has 0 aliphatic rings. The average molecular weight is 187 g/mol. The number of nitrogens with zero attached hydrogens (tertiary/aromatic N) is 1. The van der Waals surface area contributed by atoms with Gasteiger partial charge >= 0.3 is 41.4 Å². The van der Waals surface area contributed by atoms with Gasteiger partial charge in [-0.2, -0.15) is 0 Å². The van der Waals surface area contributed by atoms with E-state index in [1.807, 2.05) is 0 Å². The van der Waals surface area contributed by atoms with Gasteiger partial charge in [-0.15, -0.1) is 0 Å². The van der Waals surface area contributed by atoms with Crippen LogP contribution in [-0.4, -0.2) is 16.1 Å². The summed E-state index contributed by atoms with van der Waals surface area (Å²) in [5, 5.41) is 8.53. The zero-order chi connectivity index (χ0) is 8.55. The molecule has 62 valence electrons. The summed E-state index contributed by atoms with van der Waals surface area (Å²) in [6, 6.07) is 6.91. The molecule has 0 saturated heterocycles. The molecular weight excluding hydrogens is 181 g/mol. The van der Waals surface area contributed by atoms with E-state index in [-0.39, 0.29) is 36.9 Å². The Morgan fingerprint density at radius 3 is 2.77 bits per heavy atom. The number of rotatable bonds is 1. The van der Waals surface area contributed by atoms with E-state index in [2.05, 4.69) is 4.98 Å². The quantitative estimate of drug-likeness (QED) is 0.560. The van der Waals surface area contributed by atoms with Gasteiger partial charge in [0.25, 0.3) is 0 Å². The molecule has 1 aromatic carbocycles. The molecule has 0 saturated carbocycles. The fourth-order valence-electron chi connectivity index (χ4n) is 0.964. The molecular formula is C8H6NNaO3. The molecule has 1 heterocycles. The van der Waals surface area contributed by atoms with Crippen molar-refractivity contribution < 1.29 is 45.3 Å². The summed E-state index contributed by atoms with van der Waals surface area (Å²) in [5.41, 5.74) is 1.06. The average Bonchev–Trinajstić information content (AvgIpc) is 2.46. The number of fused-ring (bicyclic) bond motifs is 1. The predicted octanol–water partition coefficient (Wildman–Crippen LogP) is -1.36. The van der Waals surface area contributed by atoms with Crippen molar-refractivity contribution in [3.63, 3.8) is 0 Å². The van der Waals surface area contributed by atoms with Crippen LogP contribution < -0.4 is 29.6 Å². The molecule has 0 spiro atoms. The van der Waals surface area contributed by atoms with Gasteiger partial charge in [0, 0.05) is 0 Å². The second-order valence-electron chi connectivity index (χ2n) is 2.29. The Morgan fingerprint density at radius 1 is 1.46 bits per heavy atom. The number of para-hydroxylation sites is 2. The van der Waals surface area contributed by atoms with Crippen LogP contribution in [0.1, 0.15) is 12.1 Å². The SMILES string of the molecule is O=C(O)c1nc2ccccc2o1.[H-].[Na+]. The number of benzene rings is 1. The minimum atomic E-state index is -1.15. The molecule has 0 amide bonds. The zero-order valence-electron chi connectivity index (χ0n) is 8.02. The summed E-state index contributed by atoms with van der Waals surface area (Å²) in [5.74, 6) is -1.41. The Morgan fingerprint density at radius 2 is 2.15 bits per heavy atom. The van der Waals surface area contributed by atoms with Crippen LogP contribution in [0.5, 0.6) is 0 Å². The third-order valence-electron chi connectivity index (χ3n) is 1.48. The van der Waals surface area contributed by atoms with Crippen LogP contribution in [0.4, 0.5) is 0 Å².